The average molecular weight is 196 g/mol. The van der Waals surface area contributed by atoms with Crippen LogP contribution in [0.5, 0.6) is 0 Å². The molecule has 80 valence electrons. The van der Waals surface area contributed by atoms with Crippen LogP contribution in [-0.4, -0.2) is 11.1 Å². The Morgan fingerprint density at radius 1 is 1.43 bits per heavy atom. The molecule has 0 aromatic carbocycles. The molecule has 2 heteroatoms. The molecule has 2 aliphatic rings. The topological polar surface area (TPSA) is 37.3 Å². The zero-order valence-corrected chi connectivity index (χ0v) is 8.96. The van der Waals surface area contributed by atoms with Crippen molar-refractivity contribution in [3.63, 3.8) is 0 Å². The number of carboxylic acid groups (broad SMARTS) is 1. The van der Waals surface area contributed by atoms with Gasteiger partial charge in [-0.25, -0.2) is 0 Å². The molecule has 2 nitrogen and oxygen atoms in total. The number of hydrogen-bond acceptors (Lipinski definition) is 1. The summed E-state index contributed by atoms with van der Waals surface area (Å²) in [6, 6.07) is 0. The van der Waals surface area contributed by atoms with Crippen LogP contribution in [0.1, 0.15) is 51.9 Å². The smallest absolute Gasteiger partial charge is 0.309 e. The Kier molecular flexibility index (Phi) is 2.54. The molecule has 2 saturated carbocycles. The molecule has 2 aliphatic carbocycles. The Morgan fingerprint density at radius 2 is 2.00 bits per heavy atom. The van der Waals surface area contributed by atoms with Gasteiger partial charge in [0.15, 0.2) is 0 Å². The van der Waals surface area contributed by atoms with Gasteiger partial charge < -0.3 is 5.11 Å². The third-order valence-electron chi connectivity index (χ3n) is 4.15. The Hall–Kier alpha value is -0.530. The van der Waals surface area contributed by atoms with Crippen molar-refractivity contribution in [2.24, 2.45) is 17.3 Å². The summed E-state index contributed by atoms with van der Waals surface area (Å²) in [5.74, 6) is 0.929. The first-order valence-electron chi connectivity index (χ1n) is 5.87. The zero-order chi connectivity index (χ0) is 10.2. The van der Waals surface area contributed by atoms with E-state index in [4.69, 9.17) is 0 Å². The van der Waals surface area contributed by atoms with Crippen molar-refractivity contribution in [3.05, 3.63) is 0 Å². The van der Waals surface area contributed by atoms with Crippen LogP contribution >= 0.6 is 0 Å². The number of rotatable bonds is 4. The van der Waals surface area contributed by atoms with Gasteiger partial charge in [-0.15, -0.1) is 0 Å². The number of carboxylic acids is 1. The van der Waals surface area contributed by atoms with Gasteiger partial charge in [-0.3, -0.25) is 4.79 Å². The van der Waals surface area contributed by atoms with Crippen molar-refractivity contribution >= 4 is 5.97 Å². The molecular formula is C12H20O2. The Balaban J connectivity index is 1.99. The molecule has 14 heavy (non-hydrogen) atoms. The molecule has 0 spiro atoms. The maximum absolute atomic E-state index is 11.3. The highest BCUT2D eigenvalue weighted by Crippen LogP contribution is 2.48. The number of hydrogen-bond donors (Lipinski definition) is 1. The number of aliphatic carboxylic acids is 1. The maximum Gasteiger partial charge on any atom is 0.309 e. The van der Waals surface area contributed by atoms with E-state index in [-0.39, 0.29) is 5.41 Å². The monoisotopic (exact) mass is 196 g/mol. The van der Waals surface area contributed by atoms with Gasteiger partial charge in [0.25, 0.3) is 0 Å². The van der Waals surface area contributed by atoms with Gasteiger partial charge in [0.1, 0.15) is 0 Å². The SMILES string of the molecule is CC(CC1(C(=O)O)CCCC1)C1CC1. The third-order valence-corrected chi connectivity index (χ3v) is 4.15. The molecule has 1 N–H and O–H groups in total. The molecule has 0 bridgehead atoms. The minimum atomic E-state index is -0.539. The summed E-state index contributed by atoms with van der Waals surface area (Å²) in [6.07, 6.45) is 7.65. The van der Waals surface area contributed by atoms with Gasteiger partial charge in [0.2, 0.25) is 0 Å². The highest BCUT2D eigenvalue weighted by Gasteiger charge is 2.44. The van der Waals surface area contributed by atoms with Crippen LogP contribution in [-0.2, 0) is 4.79 Å². The van der Waals surface area contributed by atoms with E-state index in [0.717, 1.165) is 38.0 Å². The first-order chi connectivity index (χ1) is 6.64. The van der Waals surface area contributed by atoms with E-state index >= 15 is 0 Å². The second-order valence-corrected chi connectivity index (χ2v) is 5.31. The molecular weight excluding hydrogens is 176 g/mol. The molecule has 0 saturated heterocycles. The number of carbonyl (C=O) groups is 1. The summed E-state index contributed by atoms with van der Waals surface area (Å²) in [5.41, 5.74) is -0.345. The minimum Gasteiger partial charge on any atom is -0.481 e. The lowest BCUT2D eigenvalue weighted by Crippen LogP contribution is -2.30. The van der Waals surface area contributed by atoms with E-state index in [0.29, 0.717) is 5.92 Å². The highest BCUT2D eigenvalue weighted by molar-refractivity contribution is 5.75. The van der Waals surface area contributed by atoms with Crippen LogP contribution in [0.15, 0.2) is 0 Å². The Labute approximate surface area is 85.7 Å². The van der Waals surface area contributed by atoms with Gasteiger partial charge in [-0.2, -0.15) is 0 Å². The fraction of sp³-hybridized carbons (Fsp3) is 0.917. The van der Waals surface area contributed by atoms with Crippen LogP contribution in [0.2, 0.25) is 0 Å². The quantitative estimate of drug-likeness (QED) is 0.750. The van der Waals surface area contributed by atoms with Crippen molar-refractivity contribution in [2.75, 3.05) is 0 Å². The van der Waals surface area contributed by atoms with Gasteiger partial charge in [-0.05, 0) is 43.9 Å². The second kappa shape index (κ2) is 3.56. The first-order valence-corrected chi connectivity index (χ1v) is 5.87. The molecule has 2 fully saturated rings. The van der Waals surface area contributed by atoms with Crippen LogP contribution < -0.4 is 0 Å². The summed E-state index contributed by atoms with van der Waals surface area (Å²) in [7, 11) is 0. The summed E-state index contributed by atoms with van der Waals surface area (Å²) in [5, 5.41) is 9.31. The molecule has 0 amide bonds. The normalized spacial score (nSPS) is 27.5. The molecule has 0 aromatic heterocycles. The van der Waals surface area contributed by atoms with Crippen LogP contribution in [0.4, 0.5) is 0 Å². The van der Waals surface area contributed by atoms with E-state index in [1.165, 1.54) is 12.8 Å². The largest absolute Gasteiger partial charge is 0.481 e. The first kappa shape index (κ1) is 10.0. The van der Waals surface area contributed by atoms with E-state index in [9.17, 15) is 9.90 Å². The summed E-state index contributed by atoms with van der Waals surface area (Å²) in [4.78, 5) is 11.3. The van der Waals surface area contributed by atoms with E-state index in [1.54, 1.807) is 0 Å². The fourth-order valence-corrected chi connectivity index (χ4v) is 3.01. The summed E-state index contributed by atoms with van der Waals surface area (Å²) < 4.78 is 0. The molecule has 0 aliphatic heterocycles. The van der Waals surface area contributed by atoms with Gasteiger partial charge in [0, 0.05) is 0 Å². The van der Waals surface area contributed by atoms with Gasteiger partial charge in [0.05, 0.1) is 5.41 Å². The predicted octanol–water partition coefficient (Wildman–Crippen LogP) is 3.07. The standard InChI is InChI=1S/C12H20O2/c1-9(10-4-5-10)8-12(11(13)14)6-2-3-7-12/h9-10H,2-8H2,1H3,(H,13,14). The molecule has 0 radical (unpaired) electrons. The lowest BCUT2D eigenvalue weighted by atomic mass is 9.77. The van der Waals surface area contributed by atoms with Crippen molar-refractivity contribution < 1.29 is 9.90 Å². The highest BCUT2D eigenvalue weighted by atomic mass is 16.4. The Bertz CT molecular complexity index is 224. The minimum absolute atomic E-state index is 0.345. The molecule has 0 aromatic rings. The van der Waals surface area contributed by atoms with Crippen LogP contribution in [0.3, 0.4) is 0 Å². The third kappa shape index (κ3) is 1.79. The lowest BCUT2D eigenvalue weighted by Gasteiger charge is -2.27. The maximum atomic E-state index is 11.3. The van der Waals surface area contributed by atoms with Crippen molar-refractivity contribution in [3.8, 4) is 0 Å². The predicted molar refractivity (Wildman–Crippen MR) is 55.0 cm³/mol. The lowest BCUT2D eigenvalue weighted by molar-refractivity contribution is -0.149. The second-order valence-electron chi connectivity index (χ2n) is 5.31. The molecule has 2 rings (SSSR count). The van der Waals surface area contributed by atoms with Crippen LogP contribution in [0, 0.1) is 17.3 Å². The van der Waals surface area contributed by atoms with E-state index < -0.39 is 5.97 Å². The van der Waals surface area contributed by atoms with Gasteiger partial charge >= 0.3 is 5.97 Å². The average Bonchev–Trinajstić information content (AvgIpc) is 2.88. The van der Waals surface area contributed by atoms with E-state index in [1.807, 2.05) is 0 Å². The molecule has 0 heterocycles. The van der Waals surface area contributed by atoms with E-state index in [2.05, 4.69) is 6.92 Å². The van der Waals surface area contributed by atoms with Gasteiger partial charge in [-0.1, -0.05) is 19.8 Å². The van der Waals surface area contributed by atoms with Crippen molar-refractivity contribution in [1.29, 1.82) is 0 Å². The summed E-state index contributed by atoms with van der Waals surface area (Å²) >= 11 is 0. The van der Waals surface area contributed by atoms with Crippen molar-refractivity contribution in [1.82, 2.24) is 0 Å². The van der Waals surface area contributed by atoms with Crippen molar-refractivity contribution in [2.45, 2.75) is 51.9 Å². The fourth-order valence-electron chi connectivity index (χ4n) is 3.01. The summed E-state index contributed by atoms with van der Waals surface area (Å²) in [6.45, 7) is 2.24. The zero-order valence-electron chi connectivity index (χ0n) is 8.96. The molecule has 1 unspecified atom stereocenters. The van der Waals surface area contributed by atoms with Crippen LogP contribution in [0.25, 0.3) is 0 Å². The molecule has 1 atom stereocenters. The Morgan fingerprint density at radius 3 is 2.43 bits per heavy atom.